The number of amides is 1. The van der Waals surface area contributed by atoms with E-state index in [1.54, 1.807) is 12.1 Å². The number of anilines is 1. The first-order valence-electron chi connectivity index (χ1n) is 8.84. The maximum absolute atomic E-state index is 13.3. The van der Waals surface area contributed by atoms with Gasteiger partial charge < -0.3 is 9.64 Å². The zero-order chi connectivity index (χ0) is 18.8. The second-order valence-corrected chi connectivity index (χ2v) is 6.50. The van der Waals surface area contributed by atoms with Gasteiger partial charge in [-0.05, 0) is 47.9 Å². The van der Waals surface area contributed by atoms with Crippen LogP contribution in [0.4, 0.5) is 5.69 Å². The molecule has 1 aliphatic heterocycles. The number of carbonyl (C=O) groups is 2. The van der Waals surface area contributed by atoms with Gasteiger partial charge in [0.15, 0.2) is 0 Å². The van der Waals surface area contributed by atoms with E-state index in [9.17, 15) is 9.59 Å². The lowest BCUT2D eigenvalue weighted by Gasteiger charge is -2.37. The molecule has 0 saturated heterocycles. The van der Waals surface area contributed by atoms with Gasteiger partial charge in [0.25, 0.3) is 5.91 Å². The summed E-state index contributed by atoms with van der Waals surface area (Å²) in [6, 6.07) is 24.6. The van der Waals surface area contributed by atoms with Crippen molar-refractivity contribution in [1.29, 1.82) is 0 Å². The quantitative estimate of drug-likeness (QED) is 0.652. The van der Waals surface area contributed by atoms with Gasteiger partial charge in [-0.2, -0.15) is 0 Å². The number of methoxy groups -OCH3 is 1. The standard InChI is InChI=1S/C23H19NO3/c1-27-23(26)17-13-11-16(12-14-17)21-15-18-7-5-6-10-20(18)22(25)24(21)19-8-3-2-4-9-19/h2-14,21H,15H2,1H3. The number of para-hydroxylation sites is 1. The molecule has 1 amide bonds. The molecule has 27 heavy (non-hydrogen) atoms. The van der Waals surface area contributed by atoms with Crippen LogP contribution < -0.4 is 4.90 Å². The van der Waals surface area contributed by atoms with Crippen molar-refractivity contribution in [2.24, 2.45) is 0 Å². The first-order valence-corrected chi connectivity index (χ1v) is 8.84. The number of rotatable bonds is 3. The molecule has 1 atom stereocenters. The normalized spacial score (nSPS) is 16.0. The smallest absolute Gasteiger partial charge is 0.337 e. The van der Waals surface area contributed by atoms with E-state index in [1.807, 2.05) is 71.6 Å². The molecule has 0 bridgehead atoms. The first-order chi connectivity index (χ1) is 13.2. The van der Waals surface area contributed by atoms with Crippen molar-refractivity contribution in [2.45, 2.75) is 12.5 Å². The molecule has 3 aromatic rings. The van der Waals surface area contributed by atoms with Gasteiger partial charge in [-0.3, -0.25) is 4.79 Å². The number of hydrogen-bond acceptors (Lipinski definition) is 3. The summed E-state index contributed by atoms with van der Waals surface area (Å²) in [6.45, 7) is 0. The number of ether oxygens (including phenoxy) is 1. The lowest BCUT2D eigenvalue weighted by molar-refractivity contribution is 0.0600. The Morgan fingerprint density at radius 1 is 0.926 bits per heavy atom. The highest BCUT2D eigenvalue weighted by atomic mass is 16.5. The van der Waals surface area contributed by atoms with Crippen LogP contribution in [0.15, 0.2) is 78.9 Å². The second kappa shape index (κ2) is 7.08. The Bertz CT molecular complexity index is 980. The van der Waals surface area contributed by atoms with E-state index in [1.165, 1.54) is 7.11 Å². The second-order valence-electron chi connectivity index (χ2n) is 6.50. The third kappa shape index (κ3) is 3.10. The molecule has 4 heteroatoms. The van der Waals surface area contributed by atoms with Gasteiger partial charge in [-0.25, -0.2) is 4.79 Å². The number of fused-ring (bicyclic) bond motifs is 1. The van der Waals surface area contributed by atoms with Crippen molar-refractivity contribution in [1.82, 2.24) is 0 Å². The molecule has 1 aliphatic rings. The highest BCUT2D eigenvalue weighted by Crippen LogP contribution is 2.36. The van der Waals surface area contributed by atoms with Crippen LogP contribution in [0.2, 0.25) is 0 Å². The third-order valence-corrected chi connectivity index (χ3v) is 4.94. The number of nitrogens with zero attached hydrogens (tertiary/aromatic N) is 1. The maximum atomic E-state index is 13.3. The van der Waals surface area contributed by atoms with Crippen LogP contribution in [0.5, 0.6) is 0 Å². The summed E-state index contributed by atoms with van der Waals surface area (Å²) in [5.41, 5.74) is 4.11. The summed E-state index contributed by atoms with van der Waals surface area (Å²) >= 11 is 0. The number of carbonyl (C=O) groups excluding carboxylic acids is 2. The molecule has 0 N–H and O–H groups in total. The minimum atomic E-state index is -0.369. The topological polar surface area (TPSA) is 46.6 Å². The molecule has 0 saturated carbocycles. The van der Waals surface area contributed by atoms with Gasteiger partial charge in [0.05, 0.1) is 18.7 Å². The van der Waals surface area contributed by atoms with E-state index < -0.39 is 0 Å². The van der Waals surface area contributed by atoms with E-state index in [-0.39, 0.29) is 17.9 Å². The molecule has 1 unspecified atom stereocenters. The molecule has 0 aliphatic carbocycles. The molecule has 0 aromatic heterocycles. The minimum Gasteiger partial charge on any atom is -0.465 e. The molecular formula is C23H19NO3. The zero-order valence-corrected chi connectivity index (χ0v) is 15.0. The van der Waals surface area contributed by atoms with Crippen LogP contribution >= 0.6 is 0 Å². The molecular weight excluding hydrogens is 338 g/mol. The van der Waals surface area contributed by atoms with Gasteiger partial charge in [0.1, 0.15) is 0 Å². The van der Waals surface area contributed by atoms with Crippen LogP contribution in [0, 0.1) is 0 Å². The van der Waals surface area contributed by atoms with Gasteiger partial charge in [0.2, 0.25) is 0 Å². The fourth-order valence-electron chi connectivity index (χ4n) is 3.59. The SMILES string of the molecule is COC(=O)c1ccc(C2Cc3ccccc3C(=O)N2c2ccccc2)cc1. The lowest BCUT2D eigenvalue weighted by atomic mass is 9.88. The Morgan fingerprint density at radius 3 is 2.30 bits per heavy atom. The van der Waals surface area contributed by atoms with Crippen LogP contribution in [0.1, 0.15) is 37.9 Å². The summed E-state index contributed by atoms with van der Waals surface area (Å²) < 4.78 is 4.77. The van der Waals surface area contributed by atoms with Gasteiger partial charge in [-0.1, -0.05) is 48.5 Å². The predicted molar refractivity (Wildman–Crippen MR) is 104 cm³/mol. The number of hydrogen-bond donors (Lipinski definition) is 0. The van der Waals surface area contributed by atoms with Gasteiger partial charge in [-0.15, -0.1) is 0 Å². The van der Waals surface area contributed by atoms with Gasteiger partial charge >= 0.3 is 5.97 Å². The highest BCUT2D eigenvalue weighted by Gasteiger charge is 2.34. The van der Waals surface area contributed by atoms with E-state index in [4.69, 9.17) is 4.74 Å². The molecule has 0 spiro atoms. The van der Waals surface area contributed by atoms with Crippen LogP contribution in [0.25, 0.3) is 0 Å². The van der Waals surface area contributed by atoms with Crippen molar-refractivity contribution in [3.63, 3.8) is 0 Å². The van der Waals surface area contributed by atoms with E-state index in [2.05, 4.69) is 0 Å². The van der Waals surface area contributed by atoms with Crippen molar-refractivity contribution < 1.29 is 14.3 Å². The molecule has 134 valence electrons. The predicted octanol–water partition coefficient (Wildman–Crippen LogP) is 4.42. The summed E-state index contributed by atoms with van der Waals surface area (Å²) in [5.74, 6) is -0.378. The Morgan fingerprint density at radius 2 is 1.59 bits per heavy atom. The van der Waals surface area contributed by atoms with E-state index >= 15 is 0 Å². The van der Waals surface area contributed by atoms with Crippen molar-refractivity contribution in [3.05, 3.63) is 101 Å². The maximum Gasteiger partial charge on any atom is 0.337 e. The average molecular weight is 357 g/mol. The van der Waals surface area contributed by atoms with Crippen LogP contribution in [-0.4, -0.2) is 19.0 Å². The minimum absolute atomic E-state index is 0.00917. The average Bonchev–Trinajstić information content (AvgIpc) is 2.74. The Kier molecular flexibility index (Phi) is 4.47. The molecule has 0 fully saturated rings. The van der Waals surface area contributed by atoms with Crippen molar-refractivity contribution >= 4 is 17.6 Å². The Balaban J connectivity index is 1.79. The zero-order valence-electron chi connectivity index (χ0n) is 15.0. The monoisotopic (exact) mass is 357 g/mol. The Hall–Kier alpha value is -3.40. The van der Waals surface area contributed by atoms with Crippen LogP contribution in [0.3, 0.4) is 0 Å². The largest absolute Gasteiger partial charge is 0.465 e. The third-order valence-electron chi connectivity index (χ3n) is 4.94. The van der Waals surface area contributed by atoms with Crippen molar-refractivity contribution in [2.75, 3.05) is 12.0 Å². The van der Waals surface area contributed by atoms with Gasteiger partial charge in [0, 0.05) is 11.3 Å². The van der Waals surface area contributed by atoms with E-state index in [0.717, 1.165) is 22.4 Å². The summed E-state index contributed by atoms with van der Waals surface area (Å²) in [5, 5.41) is 0. The molecule has 1 heterocycles. The van der Waals surface area contributed by atoms with E-state index in [0.29, 0.717) is 12.0 Å². The Labute approximate surface area is 158 Å². The summed E-state index contributed by atoms with van der Waals surface area (Å²) in [7, 11) is 1.37. The molecule has 4 nitrogen and oxygen atoms in total. The van der Waals surface area contributed by atoms with Crippen molar-refractivity contribution in [3.8, 4) is 0 Å². The highest BCUT2D eigenvalue weighted by molar-refractivity contribution is 6.08. The molecule has 0 radical (unpaired) electrons. The summed E-state index contributed by atoms with van der Waals surface area (Å²) in [4.78, 5) is 26.8. The number of esters is 1. The number of benzene rings is 3. The fraction of sp³-hybridized carbons (Fsp3) is 0.130. The fourth-order valence-corrected chi connectivity index (χ4v) is 3.59. The van der Waals surface area contributed by atoms with Crippen LogP contribution in [-0.2, 0) is 11.2 Å². The molecule has 4 rings (SSSR count). The first kappa shape index (κ1) is 17.0. The molecule has 3 aromatic carbocycles. The lowest BCUT2D eigenvalue weighted by Crippen LogP contribution is -2.40. The summed E-state index contributed by atoms with van der Waals surface area (Å²) in [6.07, 6.45) is 0.717.